The Morgan fingerprint density at radius 2 is 1.90 bits per heavy atom. The fraction of sp³-hybridized carbons (Fsp3) is 0.385. The molecule has 0 bridgehead atoms. The van der Waals surface area contributed by atoms with Crippen LogP contribution >= 0.6 is 0 Å². The lowest BCUT2D eigenvalue weighted by atomic mass is 10.2. The van der Waals surface area contributed by atoms with Crippen LogP contribution in [0.4, 0.5) is 0 Å². The lowest BCUT2D eigenvalue weighted by molar-refractivity contribution is -0.132. The van der Waals surface area contributed by atoms with E-state index in [2.05, 4.69) is 0 Å². The summed E-state index contributed by atoms with van der Waals surface area (Å²) in [6.07, 6.45) is 0. The molecule has 0 unspecified atom stereocenters. The summed E-state index contributed by atoms with van der Waals surface area (Å²) in [5.74, 6) is -1.59. The third-order valence-electron chi connectivity index (χ3n) is 2.98. The van der Waals surface area contributed by atoms with E-state index in [4.69, 9.17) is 9.84 Å². The number of aromatic carboxylic acids is 1. The number of carboxylic acids is 1. The Balaban J connectivity index is 2.08. The molecule has 1 heterocycles. The molecule has 1 aliphatic rings. The minimum atomic E-state index is -1.66. The van der Waals surface area contributed by atoms with Gasteiger partial charge in [0.2, 0.25) is 5.91 Å². The fourth-order valence-corrected chi connectivity index (χ4v) is 3.13. The van der Waals surface area contributed by atoms with Gasteiger partial charge in [-0.2, -0.15) is 0 Å². The van der Waals surface area contributed by atoms with Crippen molar-refractivity contribution in [1.29, 1.82) is 0 Å². The summed E-state index contributed by atoms with van der Waals surface area (Å²) in [4.78, 5) is 24.8. The Bertz CT molecular complexity index is 539. The Hall–Kier alpha value is -1.73. The highest BCUT2D eigenvalue weighted by molar-refractivity contribution is 7.85. The van der Waals surface area contributed by atoms with Gasteiger partial charge in [0.15, 0.2) is 0 Å². The average Bonchev–Trinajstić information content (AvgIpc) is 2.48. The molecular formula is C13H15NO5S. The second kappa shape index (κ2) is 6.62. The molecule has 1 N–H and O–H groups in total. The molecule has 0 saturated carbocycles. The Kier molecular flexibility index (Phi) is 4.86. The average molecular weight is 297 g/mol. The van der Waals surface area contributed by atoms with E-state index in [9.17, 15) is 13.8 Å². The molecule has 2 rings (SSSR count). The number of hydrogen-bond donors (Lipinski definition) is 1. The van der Waals surface area contributed by atoms with E-state index < -0.39 is 16.8 Å². The van der Waals surface area contributed by atoms with Gasteiger partial charge in [-0.25, -0.2) is 4.79 Å². The number of hydrogen-bond acceptors (Lipinski definition) is 4. The topological polar surface area (TPSA) is 83.9 Å². The van der Waals surface area contributed by atoms with Crippen molar-refractivity contribution in [3.8, 4) is 0 Å². The summed E-state index contributed by atoms with van der Waals surface area (Å²) in [6, 6.07) is 6.04. The van der Waals surface area contributed by atoms with Gasteiger partial charge in [0, 0.05) is 13.1 Å². The molecule has 1 aliphatic heterocycles. The molecule has 0 spiro atoms. The van der Waals surface area contributed by atoms with Crippen molar-refractivity contribution in [2.24, 2.45) is 0 Å². The van der Waals surface area contributed by atoms with Crippen LogP contribution in [0.3, 0.4) is 0 Å². The lowest BCUT2D eigenvalue weighted by Gasteiger charge is -2.26. The number of amides is 1. The van der Waals surface area contributed by atoms with Gasteiger partial charge in [-0.1, -0.05) is 12.1 Å². The van der Waals surface area contributed by atoms with Gasteiger partial charge >= 0.3 is 5.97 Å². The van der Waals surface area contributed by atoms with Crippen molar-refractivity contribution in [1.82, 2.24) is 4.90 Å². The van der Waals surface area contributed by atoms with E-state index in [0.29, 0.717) is 26.3 Å². The van der Waals surface area contributed by atoms with E-state index in [0.717, 1.165) is 0 Å². The van der Waals surface area contributed by atoms with E-state index in [-0.39, 0.29) is 22.1 Å². The number of ether oxygens (including phenoxy) is 1. The molecule has 0 aromatic heterocycles. The van der Waals surface area contributed by atoms with Crippen molar-refractivity contribution in [3.05, 3.63) is 29.8 Å². The number of benzene rings is 1. The minimum Gasteiger partial charge on any atom is -0.478 e. The standard InChI is InChI=1S/C13H15NO5S/c15-12(14-5-7-19-8-6-14)9-20(18)11-4-2-1-3-10(11)13(16)17/h1-4H,5-9H2,(H,16,17)/t20-/m0/s1. The highest BCUT2D eigenvalue weighted by Gasteiger charge is 2.22. The predicted octanol–water partition coefficient (Wildman–Crippen LogP) is 0.351. The second-order valence-corrected chi connectivity index (χ2v) is 5.70. The van der Waals surface area contributed by atoms with Crippen LogP contribution in [0.1, 0.15) is 10.4 Å². The summed E-state index contributed by atoms with van der Waals surface area (Å²) in [7, 11) is -1.66. The van der Waals surface area contributed by atoms with Crippen molar-refractivity contribution in [2.45, 2.75) is 4.90 Å². The number of morpholine rings is 1. The number of carbonyl (C=O) groups is 2. The Morgan fingerprint density at radius 1 is 1.25 bits per heavy atom. The largest absolute Gasteiger partial charge is 0.478 e. The summed E-state index contributed by atoms with van der Waals surface area (Å²) in [6.45, 7) is 1.92. The first-order valence-electron chi connectivity index (χ1n) is 6.16. The zero-order valence-electron chi connectivity index (χ0n) is 10.8. The van der Waals surface area contributed by atoms with Gasteiger partial charge in [0.1, 0.15) is 5.75 Å². The predicted molar refractivity (Wildman–Crippen MR) is 72.1 cm³/mol. The molecule has 1 amide bonds. The highest BCUT2D eigenvalue weighted by Crippen LogP contribution is 2.14. The second-order valence-electron chi connectivity index (χ2n) is 4.28. The SMILES string of the molecule is O=C(O)c1ccccc1[S@@](=O)CC(=O)N1CCOCC1. The number of nitrogens with zero attached hydrogens (tertiary/aromatic N) is 1. The van der Waals surface area contributed by atoms with E-state index in [1.807, 2.05) is 0 Å². The maximum atomic E-state index is 12.2. The lowest BCUT2D eigenvalue weighted by Crippen LogP contribution is -2.42. The molecule has 7 heteroatoms. The maximum absolute atomic E-state index is 12.2. The third-order valence-corrected chi connectivity index (χ3v) is 4.34. The first kappa shape index (κ1) is 14.7. The molecule has 20 heavy (non-hydrogen) atoms. The molecule has 0 aliphatic carbocycles. The Labute approximate surface area is 118 Å². The van der Waals surface area contributed by atoms with Crippen LogP contribution in [0.5, 0.6) is 0 Å². The summed E-state index contributed by atoms with van der Waals surface area (Å²) >= 11 is 0. The van der Waals surface area contributed by atoms with Crippen LogP contribution in [-0.4, -0.2) is 58.1 Å². The summed E-state index contributed by atoms with van der Waals surface area (Å²) in [5, 5.41) is 9.05. The maximum Gasteiger partial charge on any atom is 0.336 e. The zero-order chi connectivity index (χ0) is 14.5. The summed E-state index contributed by atoms with van der Waals surface area (Å²) in [5.41, 5.74) is -0.0272. The smallest absolute Gasteiger partial charge is 0.336 e. The van der Waals surface area contributed by atoms with Gasteiger partial charge in [-0.3, -0.25) is 9.00 Å². The number of rotatable bonds is 4. The molecule has 1 aromatic carbocycles. The first-order chi connectivity index (χ1) is 9.59. The van der Waals surface area contributed by atoms with Crippen molar-refractivity contribution >= 4 is 22.7 Å². The molecule has 1 atom stereocenters. The molecule has 108 valence electrons. The molecule has 6 nitrogen and oxygen atoms in total. The Morgan fingerprint density at radius 3 is 2.55 bits per heavy atom. The molecule has 1 saturated heterocycles. The van der Waals surface area contributed by atoms with Crippen molar-refractivity contribution in [2.75, 3.05) is 32.1 Å². The third kappa shape index (κ3) is 3.43. The van der Waals surface area contributed by atoms with Crippen LogP contribution in [-0.2, 0) is 20.3 Å². The monoisotopic (exact) mass is 297 g/mol. The van der Waals surface area contributed by atoms with E-state index in [1.165, 1.54) is 12.1 Å². The zero-order valence-corrected chi connectivity index (χ0v) is 11.6. The van der Waals surface area contributed by atoms with Gasteiger partial charge in [-0.05, 0) is 12.1 Å². The van der Waals surface area contributed by atoms with Gasteiger partial charge in [0.25, 0.3) is 0 Å². The van der Waals surface area contributed by atoms with Crippen LogP contribution in [0.2, 0.25) is 0 Å². The van der Waals surface area contributed by atoms with Crippen molar-refractivity contribution < 1.29 is 23.6 Å². The van der Waals surface area contributed by atoms with Crippen LogP contribution in [0, 0.1) is 0 Å². The molecule has 0 radical (unpaired) electrons. The van der Waals surface area contributed by atoms with Crippen molar-refractivity contribution in [3.63, 3.8) is 0 Å². The van der Waals surface area contributed by atoms with Crippen LogP contribution in [0.25, 0.3) is 0 Å². The van der Waals surface area contributed by atoms with Gasteiger partial charge in [-0.15, -0.1) is 0 Å². The quantitative estimate of drug-likeness (QED) is 0.867. The number of carbonyl (C=O) groups excluding carboxylic acids is 1. The normalized spacial score (nSPS) is 16.7. The van der Waals surface area contributed by atoms with E-state index in [1.54, 1.807) is 17.0 Å². The fourth-order valence-electron chi connectivity index (χ4n) is 1.94. The first-order valence-corrected chi connectivity index (χ1v) is 7.47. The molecular weight excluding hydrogens is 282 g/mol. The van der Waals surface area contributed by atoms with Crippen LogP contribution < -0.4 is 0 Å². The van der Waals surface area contributed by atoms with E-state index >= 15 is 0 Å². The van der Waals surface area contributed by atoms with Crippen LogP contribution in [0.15, 0.2) is 29.2 Å². The summed E-state index contributed by atoms with van der Waals surface area (Å²) < 4.78 is 17.3. The number of carboxylic acid groups (broad SMARTS) is 1. The van der Waals surface area contributed by atoms with Gasteiger partial charge < -0.3 is 14.7 Å². The highest BCUT2D eigenvalue weighted by atomic mass is 32.2. The minimum absolute atomic E-state index is 0.0272. The van der Waals surface area contributed by atoms with Gasteiger partial charge in [0.05, 0.1) is 34.5 Å². The molecule has 1 aromatic rings. The molecule has 1 fully saturated rings.